The molecule has 2 aliphatic rings. The van der Waals surface area contributed by atoms with Crippen LogP contribution in [-0.2, 0) is 0 Å². The van der Waals surface area contributed by atoms with Gasteiger partial charge in [-0.2, -0.15) is 0 Å². The molecule has 0 aromatic rings. The summed E-state index contributed by atoms with van der Waals surface area (Å²) < 4.78 is 0. The van der Waals surface area contributed by atoms with Gasteiger partial charge in [0, 0.05) is 0 Å². The van der Waals surface area contributed by atoms with Gasteiger partial charge in [0.2, 0.25) is 0 Å². The highest BCUT2D eigenvalue weighted by molar-refractivity contribution is 5.16. The van der Waals surface area contributed by atoms with Crippen molar-refractivity contribution in [3.63, 3.8) is 0 Å². The Morgan fingerprint density at radius 2 is 1.86 bits per heavy atom. The predicted molar refractivity (Wildman–Crippen MR) is 62.3 cm³/mol. The van der Waals surface area contributed by atoms with Crippen molar-refractivity contribution in [1.82, 2.24) is 0 Å². The molecule has 1 atom stereocenters. The van der Waals surface area contributed by atoms with E-state index in [1.165, 1.54) is 57.8 Å². The molecule has 1 unspecified atom stereocenters. The normalized spacial score (nSPS) is 28.4. The minimum absolute atomic E-state index is 0.965. The Kier molecular flexibility index (Phi) is 3.67. The van der Waals surface area contributed by atoms with E-state index in [1.54, 1.807) is 5.57 Å². The first-order chi connectivity index (χ1) is 6.88. The van der Waals surface area contributed by atoms with E-state index in [2.05, 4.69) is 13.0 Å². The van der Waals surface area contributed by atoms with E-state index in [0.717, 1.165) is 11.8 Å². The second kappa shape index (κ2) is 5.00. The highest BCUT2D eigenvalue weighted by Crippen LogP contribution is 2.35. The van der Waals surface area contributed by atoms with Crippen molar-refractivity contribution in [2.75, 3.05) is 0 Å². The molecule has 0 radical (unpaired) electrons. The largest absolute Gasteiger partial charge is 0.0819 e. The molecule has 2 rings (SSSR count). The Morgan fingerprint density at radius 1 is 1.14 bits per heavy atom. The minimum atomic E-state index is 0.965. The Balaban J connectivity index is 1.61. The van der Waals surface area contributed by atoms with Gasteiger partial charge in [-0.1, -0.05) is 50.7 Å². The second-order valence-electron chi connectivity index (χ2n) is 5.22. The fourth-order valence-corrected chi connectivity index (χ4v) is 3.01. The van der Waals surface area contributed by atoms with E-state index in [-0.39, 0.29) is 0 Å². The van der Waals surface area contributed by atoms with Crippen LogP contribution in [0.5, 0.6) is 0 Å². The van der Waals surface area contributed by atoms with E-state index in [0.29, 0.717) is 0 Å². The first-order valence-corrected chi connectivity index (χ1v) is 6.58. The maximum Gasteiger partial charge on any atom is -0.0193 e. The highest BCUT2D eigenvalue weighted by Gasteiger charge is 2.20. The molecule has 0 aromatic carbocycles. The van der Waals surface area contributed by atoms with Crippen molar-refractivity contribution in [3.8, 4) is 0 Å². The van der Waals surface area contributed by atoms with Gasteiger partial charge in [-0.15, -0.1) is 0 Å². The molecule has 80 valence electrons. The van der Waals surface area contributed by atoms with Gasteiger partial charge in [0.05, 0.1) is 0 Å². The third kappa shape index (κ3) is 2.62. The van der Waals surface area contributed by atoms with Crippen LogP contribution in [0.1, 0.15) is 64.7 Å². The minimum Gasteiger partial charge on any atom is -0.0819 e. The SMILES string of the molecule is CCC1=CC(CCC2CCCCC2)C1. The van der Waals surface area contributed by atoms with Crippen LogP contribution in [-0.4, -0.2) is 0 Å². The predicted octanol–water partition coefficient (Wildman–Crippen LogP) is 4.70. The molecule has 0 aliphatic heterocycles. The summed E-state index contributed by atoms with van der Waals surface area (Å²) in [6.45, 7) is 2.28. The number of hydrogen-bond acceptors (Lipinski definition) is 0. The molecule has 14 heavy (non-hydrogen) atoms. The maximum absolute atomic E-state index is 2.53. The maximum atomic E-state index is 2.53. The lowest BCUT2D eigenvalue weighted by Crippen LogP contribution is -2.13. The van der Waals surface area contributed by atoms with Crippen molar-refractivity contribution < 1.29 is 0 Å². The summed E-state index contributed by atoms with van der Waals surface area (Å²) in [6, 6.07) is 0. The molecule has 0 nitrogen and oxygen atoms in total. The van der Waals surface area contributed by atoms with Gasteiger partial charge in [-0.25, -0.2) is 0 Å². The molecule has 0 heterocycles. The summed E-state index contributed by atoms with van der Waals surface area (Å²) in [7, 11) is 0. The summed E-state index contributed by atoms with van der Waals surface area (Å²) in [5.41, 5.74) is 1.71. The number of rotatable bonds is 4. The molecule has 1 fully saturated rings. The monoisotopic (exact) mass is 192 g/mol. The van der Waals surface area contributed by atoms with Gasteiger partial charge in [0.1, 0.15) is 0 Å². The summed E-state index contributed by atoms with van der Waals surface area (Å²) in [5.74, 6) is 2.05. The van der Waals surface area contributed by atoms with E-state index in [4.69, 9.17) is 0 Å². The van der Waals surface area contributed by atoms with Crippen LogP contribution >= 0.6 is 0 Å². The number of hydrogen-bond donors (Lipinski definition) is 0. The first kappa shape index (κ1) is 10.3. The lowest BCUT2D eigenvalue weighted by atomic mass is 9.78. The van der Waals surface area contributed by atoms with E-state index < -0.39 is 0 Å². The zero-order valence-corrected chi connectivity index (χ0v) is 9.60. The molecule has 0 saturated heterocycles. The molecule has 0 aromatic heterocycles. The van der Waals surface area contributed by atoms with Gasteiger partial charge >= 0.3 is 0 Å². The quantitative estimate of drug-likeness (QED) is 0.566. The van der Waals surface area contributed by atoms with Gasteiger partial charge in [-0.05, 0) is 37.5 Å². The third-order valence-corrected chi connectivity index (χ3v) is 4.12. The van der Waals surface area contributed by atoms with E-state index >= 15 is 0 Å². The van der Waals surface area contributed by atoms with Gasteiger partial charge in [0.15, 0.2) is 0 Å². The molecule has 1 saturated carbocycles. The van der Waals surface area contributed by atoms with Crippen LogP contribution in [0.15, 0.2) is 11.6 Å². The topological polar surface area (TPSA) is 0 Å². The Hall–Kier alpha value is -0.260. The fraction of sp³-hybridized carbons (Fsp3) is 0.857. The van der Waals surface area contributed by atoms with Crippen LogP contribution in [0.2, 0.25) is 0 Å². The first-order valence-electron chi connectivity index (χ1n) is 6.58. The molecular formula is C14H24. The van der Waals surface area contributed by atoms with Crippen LogP contribution in [0.4, 0.5) is 0 Å². The standard InChI is InChI=1S/C14H24/c1-2-12-10-14(11-12)9-8-13-6-4-3-5-7-13/h10,13-14H,2-9,11H2,1H3. The van der Waals surface area contributed by atoms with Crippen molar-refractivity contribution in [1.29, 1.82) is 0 Å². The van der Waals surface area contributed by atoms with E-state index in [1.807, 2.05) is 0 Å². The molecule has 0 amide bonds. The average molecular weight is 192 g/mol. The zero-order chi connectivity index (χ0) is 9.80. The van der Waals surface area contributed by atoms with Crippen molar-refractivity contribution in [3.05, 3.63) is 11.6 Å². The number of allylic oxidation sites excluding steroid dienone is 2. The third-order valence-electron chi connectivity index (χ3n) is 4.12. The van der Waals surface area contributed by atoms with Crippen molar-refractivity contribution in [2.45, 2.75) is 64.7 Å². The Morgan fingerprint density at radius 3 is 2.50 bits per heavy atom. The van der Waals surface area contributed by atoms with Crippen LogP contribution in [0, 0.1) is 11.8 Å². The summed E-state index contributed by atoms with van der Waals surface area (Å²) in [4.78, 5) is 0. The van der Waals surface area contributed by atoms with Crippen LogP contribution < -0.4 is 0 Å². The lowest BCUT2D eigenvalue weighted by molar-refractivity contribution is 0.313. The summed E-state index contributed by atoms with van der Waals surface area (Å²) in [6.07, 6.45) is 15.8. The zero-order valence-electron chi connectivity index (χ0n) is 9.60. The van der Waals surface area contributed by atoms with Crippen molar-refractivity contribution >= 4 is 0 Å². The highest BCUT2D eigenvalue weighted by atomic mass is 14.3. The second-order valence-corrected chi connectivity index (χ2v) is 5.22. The Bertz CT molecular complexity index is 196. The summed E-state index contributed by atoms with van der Waals surface area (Å²) in [5, 5.41) is 0. The molecule has 0 bridgehead atoms. The van der Waals surface area contributed by atoms with Crippen molar-refractivity contribution in [2.24, 2.45) is 11.8 Å². The van der Waals surface area contributed by atoms with Gasteiger partial charge in [-0.3, -0.25) is 0 Å². The van der Waals surface area contributed by atoms with Crippen LogP contribution in [0.3, 0.4) is 0 Å². The molecular weight excluding hydrogens is 168 g/mol. The molecule has 2 aliphatic carbocycles. The lowest BCUT2D eigenvalue weighted by Gasteiger charge is -2.28. The van der Waals surface area contributed by atoms with Crippen LogP contribution in [0.25, 0.3) is 0 Å². The van der Waals surface area contributed by atoms with Gasteiger partial charge < -0.3 is 0 Å². The smallest absolute Gasteiger partial charge is 0.0193 e. The molecule has 0 spiro atoms. The summed E-state index contributed by atoms with van der Waals surface area (Å²) >= 11 is 0. The molecule has 0 heteroatoms. The van der Waals surface area contributed by atoms with E-state index in [9.17, 15) is 0 Å². The average Bonchev–Trinajstić information content (AvgIpc) is 2.17. The Labute approximate surface area is 88.8 Å². The molecule has 0 N–H and O–H groups in total. The van der Waals surface area contributed by atoms with Gasteiger partial charge in [0.25, 0.3) is 0 Å². The fourth-order valence-electron chi connectivity index (χ4n) is 3.01.